The minimum Gasteiger partial charge on any atom is -0.329 e. The molecule has 0 bridgehead atoms. The SMILES string of the molecule is NCC1(NCC2CC2)CCCCCC1. The minimum absolute atomic E-state index is 0.305. The smallest absolute Gasteiger partial charge is 0.0304 e. The molecule has 0 saturated heterocycles. The van der Waals surface area contributed by atoms with E-state index in [9.17, 15) is 0 Å². The van der Waals surface area contributed by atoms with Crippen LogP contribution in [0, 0.1) is 5.92 Å². The highest BCUT2D eigenvalue weighted by Gasteiger charge is 2.31. The summed E-state index contributed by atoms with van der Waals surface area (Å²) < 4.78 is 0. The van der Waals surface area contributed by atoms with Gasteiger partial charge in [-0.05, 0) is 38.1 Å². The van der Waals surface area contributed by atoms with E-state index in [0.717, 1.165) is 12.5 Å². The van der Waals surface area contributed by atoms with Crippen LogP contribution in [0.25, 0.3) is 0 Å². The molecule has 2 aliphatic rings. The number of nitrogens with one attached hydrogen (secondary N) is 1. The van der Waals surface area contributed by atoms with E-state index in [1.165, 1.54) is 57.9 Å². The molecule has 0 aromatic carbocycles. The van der Waals surface area contributed by atoms with Gasteiger partial charge in [0.25, 0.3) is 0 Å². The van der Waals surface area contributed by atoms with Gasteiger partial charge in [0.2, 0.25) is 0 Å². The van der Waals surface area contributed by atoms with Crippen LogP contribution in [0.2, 0.25) is 0 Å². The van der Waals surface area contributed by atoms with Crippen LogP contribution in [0.1, 0.15) is 51.4 Å². The second-order valence-corrected chi connectivity index (χ2v) is 5.22. The van der Waals surface area contributed by atoms with Gasteiger partial charge in [-0.25, -0.2) is 0 Å². The molecule has 82 valence electrons. The number of rotatable bonds is 4. The Bertz CT molecular complexity index is 167. The van der Waals surface area contributed by atoms with Gasteiger partial charge in [0.15, 0.2) is 0 Å². The monoisotopic (exact) mass is 196 g/mol. The maximum atomic E-state index is 5.95. The van der Waals surface area contributed by atoms with E-state index in [4.69, 9.17) is 5.73 Å². The Morgan fingerprint density at radius 3 is 2.21 bits per heavy atom. The number of hydrogen-bond donors (Lipinski definition) is 2. The van der Waals surface area contributed by atoms with Crippen molar-refractivity contribution in [3.63, 3.8) is 0 Å². The minimum atomic E-state index is 0.305. The summed E-state index contributed by atoms with van der Waals surface area (Å²) in [7, 11) is 0. The molecule has 2 nitrogen and oxygen atoms in total. The number of nitrogens with two attached hydrogens (primary N) is 1. The summed E-state index contributed by atoms with van der Waals surface area (Å²) in [5, 5.41) is 3.76. The second-order valence-electron chi connectivity index (χ2n) is 5.22. The van der Waals surface area contributed by atoms with E-state index in [1.807, 2.05) is 0 Å². The van der Waals surface area contributed by atoms with Gasteiger partial charge in [-0.3, -0.25) is 0 Å². The fourth-order valence-corrected chi connectivity index (χ4v) is 2.54. The van der Waals surface area contributed by atoms with Crippen molar-refractivity contribution in [2.45, 2.75) is 56.9 Å². The van der Waals surface area contributed by atoms with Gasteiger partial charge in [-0.2, -0.15) is 0 Å². The zero-order chi connectivity index (χ0) is 9.86. The van der Waals surface area contributed by atoms with Crippen LogP contribution in [0.15, 0.2) is 0 Å². The molecule has 2 fully saturated rings. The van der Waals surface area contributed by atoms with E-state index in [2.05, 4.69) is 5.32 Å². The molecule has 2 heteroatoms. The lowest BCUT2D eigenvalue weighted by Gasteiger charge is -2.33. The van der Waals surface area contributed by atoms with Gasteiger partial charge in [0.05, 0.1) is 0 Å². The summed E-state index contributed by atoms with van der Waals surface area (Å²) in [4.78, 5) is 0. The Morgan fingerprint density at radius 2 is 1.71 bits per heavy atom. The lowest BCUT2D eigenvalue weighted by Crippen LogP contribution is -2.51. The Balaban J connectivity index is 1.84. The Kier molecular flexibility index (Phi) is 3.45. The van der Waals surface area contributed by atoms with Gasteiger partial charge in [0.1, 0.15) is 0 Å². The van der Waals surface area contributed by atoms with Crippen molar-refractivity contribution in [3.05, 3.63) is 0 Å². The predicted octanol–water partition coefficient (Wildman–Crippen LogP) is 2.04. The molecule has 0 heterocycles. The highest BCUT2D eigenvalue weighted by Crippen LogP contribution is 2.31. The molecule has 0 aliphatic heterocycles. The van der Waals surface area contributed by atoms with Gasteiger partial charge in [-0.1, -0.05) is 25.7 Å². The van der Waals surface area contributed by atoms with Crippen LogP contribution in [-0.2, 0) is 0 Å². The zero-order valence-corrected chi connectivity index (χ0v) is 9.23. The number of hydrogen-bond acceptors (Lipinski definition) is 2. The van der Waals surface area contributed by atoms with Crippen LogP contribution < -0.4 is 11.1 Å². The lowest BCUT2D eigenvalue weighted by atomic mass is 9.90. The molecule has 2 saturated carbocycles. The molecule has 0 aromatic heterocycles. The molecular formula is C12H24N2. The molecule has 0 amide bonds. The third-order valence-corrected chi connectivity index (χ3v) is 3.91. The normalized spacial score (nSPS) is 27.2. The molecule has 0 radical (unpaired) electrons. The first-order chi connectivity index (χ1) is 6.85. The molecule has 2 rings (SSSR count). The summed E-state index contributed by atoms with van der Waals surface area (Å²) in [5.41, 5.74) is 6.26. The molecule has 0 aromatic rings. The summed E-state index contributed by atoms with van der Waals surface area (Å²) in [6.45, 7) is 2.05. The maximum absolute atomic E-state index is 5.95. The lowest BCUT2D eigenvalue weighted by molar-refractivity contribution is 0.289. The second kappa shape index (κ2) is 4.63. The Hall–Kier alpha value is -0.0800. The van der Waals surface area contributed by atoms with E-state index >= 15 is 0 Å². The average molecular weight is 196 g/mol. The zero-order valence-electron chi connectivity index (χ0n) is 9.23. The van der Waals surface area contributed by atoms with E-state index in [1.54, 1.807) is 0 Å². The van der Waals surface area contributed by atoms with Gasteiger partial charge < -0.3 is 11.1 Å². The van der Waals surface area contributed by atoms with Gasteiger partial charge >= 0.3 is 0 Å². The van der Waals surface area contributed by atoms with Crippen LogP contribution in [0.3, 0.4) is 0 Å². The van der Waals surface area contributed by atoms with Crippen LogP contribution >= 0.6 is 0 Å². The van der Waals surface area contributed by atoms with Gasteiger partial charge in [-0.15, -0.1) is 0 Å². The quantitative estimate of drug-likeness (QED) is 0.675. The van der Waals surface area contributed by atoms with Crippen molar-refractivity contribution in [3.8, 4) is 0 Å². The first-order valence-corrected chi connectivity index (χ1v) is 6.30. The van der Waals surface area contributed by atoms with Gasteiger partial charge in [0, 0.05) is 12.1 Å². The predicted molar refractivity (Wildman–Crippen MR) is 60.2 cm³/mol. The summed E-state index contributed by atoms with van der Waals surface area (Å²) in [6, 6.07) is 0. The Morgan fingerprint density at radius 1 is 1.07 bits per heavy atom. The molecular weight excluding hydrogens is 172 g/mol. The highest BCUT2D eigenvalue weighted by molar-refractivity contribution is 4.92. The molecule has 0 spiro atoms. The molecule has 2 aliphatic carbocycles. The van der Waals surface area contributed by atoms with Crippen molar-refractivity contribution in [1.82, 2.24) is 5.32 Å². The van der Waals surface area contributed by atoms with Crippen molar-refractivity contribution < 1.29 is 0 Å². The van der Waals surface area contributed by atoms with Crippen molar-refractivity contribution >= 4 is 0 Å². The van der Waals surface area contributed by atoms with Crippen LogP contribution in [-0.4, -0.2) is 18.6 Å². The molecule has 0 unspecified atom stereocenters. The average Bonchev–Trinajstić information content (AvgIpc) is 3.03. The van der Waals surface area contributed by atoms with E-state index in [0.29, 0.717) is 5.54 Å². The molecule has 0 atom stereocenters. The van der Waals surface area contributed by atoms with Crippen molar-refractivity contribution in [2.75, 3.05) is 13.1 Å². The van der Waals surface area contributed by atoms with E-state index in [-0.39, 0.29) is 0 Å². The fraction of sp³-hybridized carbons (Fsp3) is 1.00. The fourth-order valence-electron chi connectivity index (χ4n) is 2.54. The topological polar surface area (TPSA) is 38.0 Å². The standard InChI is InChI=1S/C12H24N2/c13-10-12(14-9-11-5-6-11)7-3-1-2-4-8-12/h11,14H,1-10,13H2. The van der Waals surface area contributed by atoms with Crippen molar-refractivity contribution in [2.24, 2.45) is 11.7 Å². The largest absolute Gasteiger partial charge is 0.329 e. The molecule has 3 N–H and O–H groups in total. The van der Waals surface area contributed by atoms with Crippen LogP contribution in [0.5, 0.6) is 0 Å². The van der Waals surface area contributed by atoms with Crippen molar-refractivity contribution in [1.29, 1.82) is 0 Å². The Labute approximate surface area is 87.6 Å². The summed E-state index contributed by atoms with van der Waals surface area (Å²) in [6.07, 6.45) is 11.0. The third kappa shape index (κ3) is 2.71. The summed E-state index contributed by atoms with van der Waals surface area (Å²) in [5.74, 6) is 0.974. The molecule has 14 heavy (non-hydrogen) atoms. The van der Waals surface area contributed by atoms with E-state index < -0.39 is 0 Å². The maximum Gasteiger partial charge on any atom is 0.0304 e. The third-order valence-electron chi connectivity index (χ3n) is 3.91. The first kappa shape index (κ1) is 10.4. The highest BCUT2D eigenvalue weighted by atomic mass is 15.0. The van der Waals surface area contributed by atoms with Crippen LogP contribution in [0.4, 0.5) is 0 Å². The first-order valence-electron chi connectivity index (χ1n) is 6.30. The summed E-state index contributed by atoms with van der Waals surface area (Å²) >= 11 is 0.